The molecule has 0 amide bonds. The molecule has 3 nitrogen and oxygen atoms in total. The molecule has 0 saturated heterocycles. The number of halogens is 1. The number of ether oxygens (including phenoxy) is 1. The van der Waals surface area contributed by atoms with Crippen molar-refractivity contribution in [2.24, 2.45) is 0 Å². The lowest BCUT2D eigenvalue weighted by molar-refractivity contribution is 0.0702. The van der Waals surface area contributed by atoms with E-state index in [-0.39, 0.29) is 4.88 Å². The number of fused-ring (bicyclic) bond motifs is 1. The molecule has 0 atom stereocenters. The Hall–Kier alpha value is -1.26. The number of aromatic carboxylic acids is 1. The third kappa shape index (κ3) is 2.60. The second kappa shape index (κ2) is 5.59. The summed E-state index contributed by atoms with van der Waals surface area (Å²) in [4.78, 5) is 11.2. The fourth-order valence-electron chi connectivity index (χ4n) is 1.61. The highest BCUT2D eigenvalue weighted by atomic mass is 35.5. The van der Waals surface area contributed by atoms with Gasteiger partial charge in [0, 0.05) is 10.1 Å². The van der Waals surface area contributed by atoms with Gasteiger partial charge in [-0.3, -0.25) is 0 Å². The number of thiophene rings is 1. The van der Waals surface area contributed by atoms with Crippen LogP contribution in [0.15, 0.2) is 18.2 Å². The number of unbranched alkanes of at least 4 members (excludes halogenated alkanes) is 1. The van der Waals surface area contributed by atoms with Gasteiger partial charge in [0.25, 0.3) is 0 Å². The lowest BCUT2D eigenvalue weighted by atomic mass is 10.2. The molecule has 0 fully saturated rings. The zero-order valence-corrected chi connectivity index (χ0v) is 11.5. The molecule has 0 bridgehead atoms. The van der Waals surface area contributed by atoms with Crippen LogP contribution in [0, 0.1) is 0 Å². The van der Waals surface area contributed by atoms with E-state index in [1.54, 1.807) is 6.07 Å². The quantitative estimate of drug-likeness (QED) is 0.826. The van der Waals surface area contributed by atoms with Gasteiger partial charge >= 0.3 is 5.97 Å². The topological polar surface area (TPSA) is 46.5 Å². The molecule has 0 aliphatic heterocycles. The highest BCUT2D eigenvalue weighted by Crippen LogP contribution is 2.37. The van der Waals surface area contributed by atoms with Crippen molar-refractivity contribution in [2.45, 2.75) is 19.8 Å². The van der Waals surface area contributed by atoms with Crippen LogP contribution in [0.25, 0.3) is 10.1 Å². The van der Waals surface area contributed by atoms with Crippen molar-refractivity contribution < 1.29 is 14.6 Å². The average molecular weight is 285 g/mol. The Labute approximate surface area is 114 Å². The lowest BCUT2D eigenvalue weighted by Crippen LogP contribution is -1.95. The van der Waals surface area contributed by atoms with Crippen molar-refractivity contribution in [1.29, 1.82) is 0 Å². The van der Waals surface area contributed by atoms with E-state index in [1.165, 1.54) is 11.3 Å². The minimum atomic E-state index is -0.991. The zero-order valence-electron chi connectivity index (χ0n) is 9.90. The van der Waals surface area contributed by atoms with Gasteiger partial charge in [0.2, 0.25) is 0 Å². The van der Waals surface area contributed by atoms with Gasteiger partial charge in [0.05, 0.1) is 11.6 Å². The van der Waals surface area contributed by atoms with Crippen molar-refractivity contribution in [2.75, 3.05) is 6.61 Å². The Bertz CT molecular complexity index is 577. The number of benzene rings is 1. The smallest absolute Gasteiger partial charge is 0.347 e. The van der Waals surface area contributed by atoms with Crippen LogP contribution in [0.4, 0.5) is 0 Å². The van der Waals surface area contributed by atoms with Gasteiger partial charge in [-0.05, 0) is 24.6 Å². The second-order valence-corrected chi connectivity index (χ2v) is 5.34. The number of rotatable bonds is 5. The van der Waals surface area contributed by atoms with Gasteiger partial charge in [-0.25, -0.2) is 4.79 Å². The number of carboxylic acid groups (broad SMARTS) is 1. The molecule has 1 aromatic carbocycles. The highest BCUT2D eigenvalue weighted by molar-refractivity contribution is 7.21. The van der Waals surface area contributed by atoms with Gasteiger partial charge in [-0.2, -0.15) is 0 Å². The molecule has 0 saturated carbocycles. The molecule has 0 radical (unpaired) electrons. The molecule has 0 aliphatic rings. The molecule has 1 heterocycles. The molecule has 2 rings (SSSR count). The SMILES string of the molecule is CCCCOc1ccc2sc(C(=O)O)c(Cl)c2c1. The summed E-state index contributed by atoms with van der Waals surface area (Å²) < 4.78 is 6.44. The van der Waals surface area contributed by atoms with E-state index in [0.29, 0.717) is 11.6 Å². The molecular formula is C13H13ClO3S. The Morgan fingerprint density at radius 2 is 2.28 bits per heavy atom. The Morgan fingerprint density at radius 3 is 2.94 bits per heavy atom. The van der Waals surface area contributed by atoms with Gasteiger partial charge in [-0.15, -0.1) is 11.3 Å². The summed E-state index contributed by atoms with van der Waals surface area (Å²) in [6, 6.07) is 5.49. The minimum Gasteiger partial charge on any atom is -0.494 e. The number of hydrogen-bond acceptors (Lipinski definition) is 3. The van der Waals surface area contributed by atoms with Crippen LogP contribution in [0.2, 0.25) is 5.02 Å². The summed E-state index contributed by atoms with van der Waals surface area (Å²) in [6.07, 6.45) is 2.07. The minimum absolute atomic E-state index is 0.178. The molecule has 1 aromatic heterocycles. The largest absolute Gasteiger partial charge is 0.494 e. The fourth-order valence-corrected chi connectivity index (χ4v) is 2.93. The van der Waals surface area contributed by atoms with E-state index in [2.05, 4.69) is 6.92 Å². The van der Waals surface area contributed by atoms with Crippen molar-refractivity contribution in [3.05, 3.63) is 28.1 Å². The Kier molecular flexibility index (Phi) is 4.09. The highest BCUT2D eigenvalue weighted by Gasteiger charge is 2.16. The summed E-state index contributed by atoms with van der Waals surface area (Å²) >= 11 is 7.24. The molecule has 96 valence electrons. The summed E-state index contributed by atoms with van der Waals surface area (Å²) in [5, 5.41) is 10.0. The first kappa shape index (κ1) is 13.2. The first-order valence-corrected chi connectivity index (χ1v) is 6.91. The monoisotopic (exact) mass is 284 g/mol. The van der Waals surface area contributed by atoms with Gasteiger partial charge in [0.15, 0.2) is 0 Å². The second-order valence-electron chi connectivity index (χ2n) is 3.91. The van der Waals surface area contributed by atoms with Crippen molar-refractivity contribution >= 4 is 39.0 Å². The molecule has 0 aliphatic carbocycles. The third-order valence-corrected chi connectivity index (χ3v) is 4.22. The maximum Gasteiger partial charge on any atom is 0.347 e. The number of carboxylic acids is 1. The van der Waals surface area contributed by atoms with E-state index in [1.807, 2.05) is 12.1 Å². The first-order chi connectivity index (χ1) is 8.63. The van der Waals surface area contributed by atoms with Crippen LogP contribution >= 0.6 is 22.9 Å². The summed E-state index contributed by atoms with van der Waals surface area (Å²) in [7, 11) is 0. The predicted molar refractivity (Wildman–Crippen MR) is 74.2 cm³/mol. The molecule has 0 unspecified atom stereocenters. The van der Waals surface area contributed by atoms with Gasteiger partial charge in [-0.1, -0.05) is 24.9 Å². The van der Waals surface area contributed by atoms with Crippen LogP contribution in [-0.4, -0.2) is 17.7 Å². The third-order valence-electron chi connectivity index (χ3n) is 2.56. The fraction of sp³-hybridized carbons (Fsp3) is 0.308. The van der Waals surface area contributed by atoms with E-state index >= 15 is 0 Å². The molecule has 18 heavy (non-hydrogen) atoms. The van der Waals surface area contributed by atoms with E-state index in [4.69, 9.17) is 21.4 Å². The van der Waals surface area contributed by atoms with Crippen LogP contribution < -0.4 is 4.74 Å². The van der Waals surface area contributed by atoms with Crippen molar-refractivity contribution in [3.8, 4) is 5.75 Å². The number of carbonyl (C=O) groups is 1. The van der Waals surface area contributed by atoms with Crippen LogP contribution in [-0.2, 0) is 0 Å². The summed E-state index contributed by atoms with van der Waals surface area (Å²) in [6.45, 7) is 2.76. The normalized spacial score (nSPS) is 10.8. The van der Waals surface area contributed by atoms with Gasteiger partial charge in [0.1, 0.15) is 10.6 Å². The van der Waals surface area contributed by atoms with Crippen molar-refractivity contribution in [3.63, 3.8) is 0 Å². The Morgan fingerprint density at radius 1 is 1.50 bits per heavy atom. The van der Waals surface area contributed by atoms with Crippen LogP contribution in [0.5, 0.6) is 5.75 Å². The van der Waals surface area contributed by atoms with E-state index < -0.39 is 5.97 Å². The lowest BCUT2D eigenvalue weighted by Gasteiger charge is -2.04. The summed E-state index contributed by atoms with van der Waals surface area (Å²) in [5.74, 6) is -0.262. The Balaban J connectivity index is 2.32. The maximum absolute atomic E-state index is 11.0. The van der Waals surface area contributed by atoms with Gasteiger partial charge < -0.3 is 9.84 Å². The zero-order chi connectivity index (χ0) is 13.1. The maximum atomic E-state index is 11.0. The standard InChI is InChI=1S/C13H13ClO3S/c1-2-3-6-17-8-4-5-10-9(7-8)11(14)12(18-10)13(15)16/h4-5,7H,2-3,6H2,1H3,(H,15,16). The molecule has 2 aromatic rings. The summed E-state index contributed by atoms with van der Waals surface area (Å²) in [5.41, 5.74) is 0. The van der Waals surface area contributed by atoms with Crippen LogP contribution in [0.1, 0.15) is 29.4 Å². The first-order valence-electron chi connectivity index (χ1n) is 5.71. The molecule has 1 N–H and O–H groups in total. The van der Waals surface area contributed by atoms with E-state index in [9.17, 15) is 4.79 Å². The molecule has 0 spiro atoms. The predicted octanol–water partition coefficient (Wildman–Crippen LogP) is 4.43. The van der Waals surface area contributed by atoms with E-state index in [0.717, 1.165) is 28.7 Å². The molecule has 5 heteroatoms. The number of hydrogen-bond donors (Lipinski definition) is 1. The van der Waals surface area contributed by atoms with Crippen molar-refractivity contribution in [1.82, 2.24) is 0 Å². The van der Waals surface area contributed by atoms with Crippen LogP contribution in [0.3, 0.4) is 0 Å². The molecular weight excluding hydrogens is 272 g/mol. The average Bonchev–Trinajstić information content (AvgIpc) is 2.67.